The molecule has 0 aromatic rings. The Bertz CT molecular complexity index is 162. The van der Waals surface area contributed by atoms with E-state index < -0.39 is 0 Å². The third-order valence-corrected chi connectivity index (χ3v) is 2.05. The van der Waals surface area contributed by atoms with Gasteiger partial charge >= 0.3 is 0 Å². The van der Waals surface area contributed by atoms with Crippen LogP contribution in [0.5, 0.6) is 0 Å². The molecule has 11 heavy (non-hydrogen) atoms. The first kappa shape index (κ1) is 8.31. The van der Waals surface area contributed by atoms with Gasteiger partial charge in [0.2, 0.25) is 0 Å². The molecule has 1 rings (SSSR count). The van der Waals surface area contributed by atoms with Gasteiger partial charge in [0.05, 0.1) is 0 Å². The second-order valence-electron chi connectivity index (χ2n) is 2.86. The number of nitriles is 1. The summed E-state index contributed by atoms with van der Waals surface area (Å²) >= 11 is 0. The van der Waals surface area contributed by atoms with Crippen molar-refractivity contribution in [2.24, 2.45) is 0 Å². The SMILES string of the molecule is CNC1CN(C)CCN1C#N. The molecule has 0 spiro atoms. The maximum absolute atomic E-state index is 8.70. The number of hydrogen-bond donors (Lipinski definition) is 1. The van der Waals surface area contributed by atoms with Crippen LogP contribution in [0.15, 0.2) is 0 Å². The zero-order valence-corrected chi connectivity index (χ0v) is 7.04. The van der Waals surface area contributed by atoms with E-state index in [1.807, 2.05) is 7.05 Å². The standard InChI is InChI=1S/C7H14N4/c1-9-7-5-10(2)3-4-11(7)6-8/h7,9H,3-5H2,1-2H3. The minimum absolute atomic E-state index is 0.193. The Labute approximate surface area is 67.4 Å². The van der Waals surface area contributed by atoms with Crippen molar-refractivity contribution in [1.29, 1.82) is 5.26 Å². The molecule has 62 valence electrons. The van der Waals surface area contributed by atoms with Crippen molar-refractivity contribution in [2.75, 3.05) is 33.7 Å². The van der Waals surface area contributed by atoms with Crippen LogP contribution in [-0.4, -0.2) is 49.7 Å². The van der Waals surface area contributed by atoms with E-state index in [0.29, 0.717) is 0 Å². The van der Waals surface area contributed by atoms with Crippen molar-refractivity contribution in [3.8, 4) is 6.19 Å². The number of nitrogens with zero attached hydrogens (tertiary/aromatic N) is 3. The Morgan fingerprint density at radius 1 is 1.55 bits per heavy atom. The van der Waals surface area contributed by atoms with Gasteiger partial charge in [0.25, 0.3) is 0 Å². The van der Waals surface area contributed by atoms with E-state index >= 15 is 0 Å². The minimum atomic E-state index is 0.193. The quantitative estimate of drug-likeness (QED) is 0.505. The summed E-state index contributed by atoms with van der Waals surface area (Å²) in [6, 6.07) is 0. The predicted molar refractivity (Wildman–Crippen MR) is 42.7 cm³/mol. The maximum atomic E-state index is 8.70. The molecule has 0 saturated carbocycles. The largest absolute Gasteiger partial charge is 0.301 e. The first-order valence-corrected chi connectivity index (χ1v) is 3.80. The summed E-state index contributed by atoms with van der Waals surface area (Å²) in [6.45, 7) is 2.73. The van der Waals surface area contributed by atoms with Gasteiger partial charge < -0.3 is 4.90 Å². The van der Waals surface area contributed by atoms with Crippen molar-refractivity contribution < 1.29 is 0 Å². The van der Waals surface area contributed by atoms with Crippen LogP contribution in [0, 0.1) is 11.5 Å². The van der Waals surface area contributed by atoms with E-state index in [1.54, 1.807) is 4.90 Å². The lowest BCUT2D eigenvalue weighted by Gasteiger charge is -2.36. The number of rotatable bonds is 1. The van der Waals surface area contributed by atoms with Gasteiger partial charge in [-0.25, -0.2) is 0 Å². The normalized spacial score (nSPS) is 26.6. The van der Waals surface area contributed by atoms with Crippen LogP contribution in [0.25, 0.3) is 0 Å². The third kappa shape index (κ3) is 1.82. The first-order chi connectivity index (χ1) is 5.27. The Kier molecular flexibility index (Phi) is 2.69. The van der Waals surface area contributed by atoms with Crippen LogP contribution in [0.3, 0.4) is 0 Å². The van der Waals surface area contributed by atoms with Crippen molar-refractivity contribution in [3.63, 3.8) is 0 Å². The summed E-state index contributed by atoms with van der Waals surface area (Å²) in [7, 11) is 3.95. The molecular formula is C7H14N4. The summed E-state index contributed by atoms with van der Waals surface area (Å²) < 4.78 is 0. The number of hydrogen-bond acceptors (Lipinski definition) is 4. The van der Waals surface area contributed by atoms with Crippen molar-refractivity contribution in [3.05, 3.63) is 0 Å². The van der Waals surface area contributed by atoms with Crippen LogP contribution in [0.1, 0.15) is 0 Å². The van der Waals surface area contributed by atoms with Crippen LogP contribution in [0.2, 0.25) is 0 Å². The summed E-state index contributed by atoms with van der Waals surface area (Å²) in [5.74, 6) is 0. The molecule has 1 aliphatic heterocycles. The van der Waals surface area contributed by atoms with Gasteiger partial charge in [-0.2, -0.15) is 5.26 Å². The lowest BCUT2D eigenvalue weighted by atomic mass is 10.3. The van der Waals surface area contributed by atoms with Gasteiger partial charge in [-0.05, 0) is 14.1 Å². The van der Waals surface area contributed by atoms with Crippen molar-refractivity contribution in [2.45, 2.75) is 6.17 Å². The second kappa shape index (κ2) is 3.56. The van der Waals surface area contributed by atoms with Crippen LogP contribution in [-0.2, 0) is 0 Å². The van der Waals surface area contributed by atoms with Gasteiger partial charge in [0.1, 0.15) is 6.17 Å². The van der Waals surface area contributed by atoms with Crippen LogP contribution < -0.4 is 5.32 Å². The van der Waals surface area contributed by atoms with E-state index in [4.69, 9.17) is 5.26 Å². The summed E-state index contributed by atoms with van der Waals surface area (Å²) in [5, 5.41) is 11.8. The predicted octanol–water partition coefficient (Wildman–Crippen LogP) is -0.740. The first-order valence-electron chi connectivity index (χ1n) is 3.80. The summed E-state index contributed by atoms with van der Waals surface area (Å²) in [6.07, 6.45) is 2.36. The zero-order chi connectivity index (χ0) is 8.27. The lowest BCUT2D eigenvalue weighted by Crippen LogP contribution is -2.55. The lowest BCUT2D eigenvalue weighted by molar-refractivity contribution is 0.123. The van der Waals surface area contributed by atoms with Gasteiger partial charge in [0.15, 0.2) is 6.19 Å². The second-order valence-corrected chi connectivity index (χ2v) is 2.86. The highest BCUT2D eigenvalue weighted by Crippen LogP contribution is 2.02. The molecule has 1 saturated heterocycles. The average Bonchev–Trinajstić information content (AvgIpc) is 2.04. The van der Waals surface area contributed by atoms with Crippen molar-refractivity contribution in [1.82, 2.24) is 15.1 Å². The molecule has 0 amide bonds. The summed E-state index contributed by atoms with van der Waals surface area (Å²) in [4.78, 5) is 4.00. The summed E-state index contributed by atoms with van der Waals surface area (Å²) in [5.41, 5.74) is 0. The average molecular weight is 154 g/mol. The van der Waals surface area contributed by atoms with Gasteiger partial charge in [-0.15, -0.1) is 0 Å². The van der Waals surface area contributed by atoms with Gasteiger partial charge in [-0.1, -0.05) is 0 Å². The van der Waals surface area contributed by atoms with Crippen LogP contribution >= 0.6 is 0 Å². The maximum Gasteiger partial charge on any atom is 0.180 e. The van der Waals surface area contributed by atoms with E-state index in [2.05, 4.69) is 23.5 Å². The topological polar surface area (TPSA) is 42.3 Å². The molecule has 0 radical (unpaired) electrons. The fourth-order valence-electron chi connectivity index (χ4n) is 1.29. The highest BCUT2D eigenvalue weighted by molar-refractivity contribution is 4.86. The Morgan fingerprint density at radius 3 is 2.82 bits per heavy atom. The molecule has 1 N–H and O–H groups in total. The molecule has 1 heterocycles. The van der Waals surface area contributed by atoms with E-state index in [1.165, 1.54) is 0 Å². The molecule has 4 nitrogen and oxygen atoms in total. The van der Waals surface area contributed by atoms with Gasteiger partial charge in [0, 0.05) is 19.6 Å². The third-order valence-electron chi connectivity index (χ3n) is 2.05. The van der Waals surface area contributed by atoms with Gasteiger partial charge in [-0.3, -0.25) is 10.2 Å². The molecule has 0 aliphatic carbocycles. The number of likely N-dealkylation sites (N-methyl/N-ethyl adjacent to an activating group) is 2. The smallest absolute Gasteiger partial charge is 0.180 e. The molecule has 0 bridgehead atoms. The molecule has 1 unspecified atom stereocenters. The molecule has 1 atom stereocenters. The Morgan fingerprint density at radius 2 is 2.27 bits per heavy atom. The minimum Gasteiger partial charge on any atom is -0.301 e. The Hall–Kier alpha value is -0.790. The fourth-order valence-corrected chi connectivity index (χ4v) is 1.29. The van der Waals surface area contributed by atoms with E-state index in [-0.39, 0.29) is 6.17 Å². The molecule has 0 aromatic heterocycles. The number of nitrogens with one attached hydrogen (secondary N) is 1. The molecule has 1 aliphatic rings. The molecule has 4 heteroatoms. The Balaban J connectivity index is 2.50. The monoisotopic (exact) mass is 154 g/mol. The number of piperazine rings is 1. The highest BCUT2D eigenvalue weighted by Gasteiger charge is 2.21. The highest BCUT2D eigenvalue weighted by atomic mass is 15.3. The van der Waals surface area contributed by atoms with E-state index in [0.717, 1.165) is 19.6 Å². The van der Waals surface area contributed by atoms with E-state index in [9.17, 15) is 0 Å². The zero-order valence-electron chi connectivity index (χ0n) is 7.04. The molecule has 0 aromatic carbocycles. The molecular weight excluding hydrogens is 140 g/mol. The van der Waals surface area contributed by atoms with Crippen molar-refractivity contribution >= 4 is 0 Å². The van der Waals surface area contributed by atoms with Crippen LogP contribution in [0.4, 0.5) is 0 Å². The fraction of sp³-hybridized carbons (Fsp3) is 0.857. The molecule has 1 fully saturated rings.